The maximum atomic E-state index is 12.6. The molecule has 1 aliphatic heterocycles. The molecule has 0 spiro atoms. The molecule has 7 heteroatoms. The molecule has 1 aliphatic rings. The third-order valence-electron chi connectivity index (χ3n) is 4.76. The van der Waals surface area contributed by atoms with Gasteiger partial charge < -0.3 is 20.0 Å². The first-order valence-corrected chi connectivity index (χ1v) is 9.47. The zero-order valence-corrected chi connectivity index (χ0v) is 16.1. The number of furan rings is 1. The topological polar surface area (TPSA) is 91.7 Å². The lowest BCUT2D eigenvalue weighted by atomic mass is 10.1. The van der Waals surface area contributed by atoms with Crippen LogP contribution in [0.1, 0.15) is 42.8 Å². The number of anilines is 1. The molecule has 2 heterocycles. The second-order valence-electron chi connectivity index (χ2n) is 7.19. The molecule has 3 amide bonds. The minimum atomic E-state index is -0.484. The molecule has 0 saturated carbocycles. The van der Waals surface area contributed by atoms with Gasteiger partial charge >= 0.3 is 0 Å². The van der Waals surface area contributed by atoms with Crippen molar-refractivity contribution < 1.29 is 18.8 Å². The van der Waals surface area contributed by atoms with Crippen molar-refractivity contribution in [2.75, 3.05) is 11.9 Å². The van der Waals surface area contributed by atoms with E-state index in [0.29, 0.717) is 19.5 Å². The molecule has 1 aromatic carbocycles. The van der Waals surface area contributed by atoms with Crippen molar-refractivity contribution in [3.05, 3.63) is 54.0 Å². The van der Waals surface area contributed by atoms with E-state index in [9.17, 15) is 14.4 Å². The van der Waals surface area contributed by atoms with Crippen molar-refractivity contribution >= 4 is 23.4 Å². The highest BCUT2D eigenvalue weighted by Crippen LogP contribution is 2.21. The summed E-state index contributed by atoms with van der Waals surface area (Å²) < 4.78 is 5.17. The monoisotopic (exact) mass is 383 g/mol. The zero-order chi connectivity index (χ0) is 20.1. The number of amides is 3. The van der Waals surface area contributed by atoms with Gasteiger partial charge in [0.2, 0.25) is 11.8 Å². The Labute approximate surface area is 164 Å². The van der Waals surface area contributed by atoms with Gasteiger partial charge in [-0.15, -0.1) is 0 Å². The lowest BCUT2D eigenvalue weighted by Crippen LogP contribution is -2.45. The number of hydrogen-bond acceptors (Lipinski definition) is 4. The molecule has 1 aromatic heterocycles. The van der Waals surface area contributed by atoms with Gasteiger partial charge in [-0.25, -0.2) is 0 Å². The Morgan fingerprint density at radius 3 is 2.57 bits per heavy atom. The first kappa shape index (κ1) is 19.7. The summed E-state index contributed by atoms with van der Waals surface area (Å²) in [6, 6.07) is 10.1. The molecule has 0 radical (unpaired) electrons. The van der Waals surface area contributed by atoms with Crippen LogP contribution in [0.5, 0.6) is 0 Å². The predicted molar refractivity (Wildman–Crippen MR) is 105 cm³/mol. The van der Waals surface area contributed by atoms with Crippen molar-refractivity contribution in [3.8, 4) is 0 Å². The molecule has 3 rings (SSSR count). The Morgan fingerprint density at radius 1 is 1.18 bits per heavy atom. The number of nitrogens with one attached hydrogen (secondary N) is 2. The van der Waals surface area contributed by atoms with Crippen LogP contribution in [0.25, 0.3) is 0 Å². The van der Waals surface area contributed by atoms with Crippen LogP contribution in [-0.2, 0) is 16.1 Å². The van der Waals surface area contributed by atoms with Gasteiger partial charge in [0.05, 0.1) is 6.26 Å². The molecule has 2 aromatic rings. The van der Waals surface area contributed by atoms with Gasteiger partial charge in [-0.05, 0) is 42.7 Å². The van der Waals surface area contributed by atoms with Gasteiger partial charge in [-0.2, -0.15) is 0 Å². The lowest BCUT2D eigenvalue weighted by Gasteiger charge is -2.23. The molecule has 1 unspecified atom stereocenters. The third-order valence-corrected chi connectivity index (χ3v) is 4.76. The Balaban J connectivity index is 1.54. The minimum Gasteiger partial charge on any atom is -0.459 e. The standard InChI is InChI=1S/C21H25N3O4/c1-14(2)19(25)23-16-9-7-15(8-10-16)13-22-20(26)17-5-3-11-24(17)21(27)18-6-4-12-28-18/h4,6-10,12,14,17H,3,5,11,13H2,1-2H3,(H,22,26)(H,23,25). The van der Waals surface area contributed by atoms with Crippen molar-refractivity contribution in [2.24, 2.45) is 5.92 Å². The summed E-state index contributed by atoms with van der Waals surface area (Å²) in [4.78, 5) is 38.4. The summed E-state index contributed by atoms with van der Waals surface area (Å²) in [5, 5.41) is 5.73. The Hall–Kier alpha value is -3.09. The predicted octanol–water partition coefficient (Wildman–Crippen LogP) is 2.80. The van der Waals surface area contributed by atoms with Crippen molar-refractivity contribution in [1.29, 1.82) is 0 Å². The summed E-state index contributed by atoms with van der Waals surface area (Å²) in [7, 11) is 0. The number of likely N-dealkylation sites (tertiary alicyclic amines) is 1. The molecule has 148 valence electrons. The highest BCUT2D eigenvalue weighted by atomic mass is 16.3. The van der Waals surface area contributed by atoms with Gasteiger partial charge in [0.15, 0.2) is 5.76 Å². The number of hydrogen-bond donors (Lipinski definition) is 2. The van der Waals surface area contributed by atoms with E-state index in [2.05, 4.69) is 10.6 Å². The van der Waals surface area contributed by atoms with Crippen LogP contribution in [0, 0.1) is 5.92 Å². The Kier molecular flexibility index (Phi) is 6.13. The second kappa shape index (κ2) is 8.73. The van der Waals surface area contributed by atoms with Gasteiger partial charge in [-0.1, -0.05) is 26.0 Å². The summed E-state index contributed by atoms with van der Waals surface area (Å²) in [5.41, 5.74) is 1.64. The second-order valence-corrected chi connectivity index (χ2v) is 7.19. The van der Waals surface area contributed by atoms with Crippen LogP contribution in [0.4, 0.5) is 5.69 Å². The summed E-state index contributed by atoms with van der Waals surface area (Å²) >= 11 is 0. The fourth-order valence-corrected chi connectivity index (χ4v) is 3.12. The number of carbonyl (C=O) groups is 3. The molecule has 1 fully saturated rings. The Morgan fingerprint density at radius 2 is 1.93 bits per heavy atom. The fourth-order valence-electron chi connectivity index (χ4n) is 3.12. The van der Waals surface area contributed by atoms with E-state index >= 15 is 0 Å². The van der Waals surface area contributed by atoms with Gasteiger partial charge in [0.1, 0.15) is 6.04 Å². The Bertz CT molecular complexity index is 828. The first-order valence-electron chi connectivity index (χ1n) is 9.47. The molecule has 7 nitrogen and oxygen atoms in total. The van der Waals surface area contributed by atoms with Crippen molar-refractivity contribution in [1.82, 2.24) is 10.2 Å². The number of carbonyl (C=O) groups excluding carboxylic acids is 3. The highest BCUT2D eigenvalue weighted by molar-refractivity contribution is 5.96. The maximum Gasteiger partial charge on any atom is 0.290 e. The quantitative estimate of drug-likeness (QED) is 0.802. The van der Waals surface area contributed by atoms with E-state index in [1.807, 2.05) is 38.1 Å². The van der Waals surface area contributed by atoms with E-state index < -0.39 is 6.04 Å². The van der Waals surface area contributed by atoms with Gasteiger partial charge in [0.25, 0.3) is 5.91 Å². The fraction of sp³-hybridized carbons (Fsp3) is 0.381. The highest BCUT2D eigenvalue weighted by Gasteiger charge is 2.35. The molecule has 0 bridgehead atoms. The smallest absolute Gasteiger partial charge is 0.290 e. The molecule has 1 saturated heterocycles. The average molecular weight is 383 g/mol. The van der Waals surface area contributed by atoms with E-state index in [0.717, 1.165) is 17.7 Å². The van der Waals surface area contributed by atoms with Crippen LogP contribution < -0.4 is 10.6 Å². The summed E-state index contributed by atoms with van der Waals surface area (Å²) in [6.07, 6.45) is 2.87. The van der Waals surface area contributed by atoms with Crippen LogP contribution in [-0.4, -0.2) is 35.2 Å². The maximum absolute atomic E-state index is 12.6. The van der Waals surface area contributed by atoms with E-state index in [1.54, 1.807) is 17.0 Å². The number of nitrogens with zero attached hydrogens (tertiary/aromatic N) is 1. The summed E-state index contributed by atoms with van der Waals surface area (Å²) in [6.45, 7) is 4.57. The van der Waals surface area contributed by atoms with Crippen LogP contribution in [0.15, 0.2) is 47.1 Å². The minimum absolute atomic E-state index is 0.0383. The molecule has 28 heavy (non-hydrogen) atoms. The van der Waals surface area contributed by atoms with Crippen LogP contribution in [0.3, 0.4) is 0 Å². The largest absolute Gasteiger partial charge is 0.459 e. The van der Waals surface area contributed by atoms with E-state index in [4.69, 9.17) is 4.42 Å². The molecule has 0 aliphatic carbocycles. The third kappa shape index (κ3) is 4.60. The SMILES string of the molecule is CC(C)C(=O)Nc1ccc(CNC(=O)C2CCCN2C(=O)c2ccco2)cc1. The molecule has 2 N–H and O–H groups in total. The number of rotatable bonds is 6. The zero-order valence-electron chi connectivity index (χ0n) is 16.1. The number of benzene rings is 1. The van der Waals surface area contributed by atoms with Crippen molar-refractivity contribution in [3.63, 3.8) is 0 Å². The van der Waals surface area contributed by atoms with E-state index in [-0.39, 0.29) is 29.4 Å². The normalized spacial score (nSPS) is 16.2. The van der Waals surface area contributed by atoms with Crippen LogP contribution in [0.2, 0.25) is 0 Å². The average Bonchev–Trinajstić information content (AvgIpc) is 3.38. The molecular weight excluding hydrogens is 358 g/mol. The molecule has 1 atom stereocenters. The lowest BCUT2D eigenvalue weighted by molar-refractivity contribution is -0.125. The summed E-state index contributed by atoms with van der Waals surface area (Å²) in [5.74, 6) is -0.304. The first-order chi connectivity index (χ1) is 13.5. The molecular formula is C21H25N3O4. The van der Waals surface area contributed by atoms with E-state index in [1.165, 1.54) is 6.26 Å². The van der Waals surface area contributed by atoms with Crippen LogP contribution >= 0.6 is 0 Å². The van der Waals surface area contributed by atoms with Gasteiger partial charge in [-0.3, -0.25) is 14.4 Å². The van der Waals surface area contributed by atoms with Crippen molar-refractivity contribution in [2.45, 2.75) is 39.3 Å². The van der Waals surface area contributed by atoms with Gasteiger partial charge in [0, 0.05) is 24.7 Å².